The summed E-state index contributed by atoms with van der Waals surface area (Å²) in [6, 6.07) is 7.60. The molecule has 0 aliphatic carbocycles. The van der Waals surface area contributed by atoms with E-state index in [2.05, 4.69) is 14.9 Å². The number of fused-ring (bicyclic) bond motifs is 1. The zero-order valence-corrected chi connectivity index (χ0v) is 18.2. The Balaban J connectivity index is 1.94. The van der Waals surface area contributed by atoms with Crippen LogP contribution in [0.4, 0.5) is 5.69 Å². The van der Waals surface area contributed by atoms with E-state index in [4.69, 9.17) is 0 Å². The average Bonchev–Trinajstić information content (AvgIpc) is 2.73. The molecule has 3 rings (SSSR count). The van der Waals surface area contributed by atoms with E-state index in [1.54, 1.807) is 23.6 Å². The summed E-state index contributed by atoms with van der Waals surface area (Å²) >= 11 is 0. The maximum atomic E-state index is 13.2. The van der Waals surface area contributed by atoms with Crippen LogP contribution >= 0.6 is 0 Å². The number of H-pyrrole nitrogens is 2. The van der Waals surface area contributed by atoms with E-state index in [0.29, 0.717) is 31.9 Å². The van der Waals surface area contributed by atoms with Crippen LogP contribution in [0, 0.1) is 6.92 Å². The van der Waals surface area contributed by atoms with Crippen LogP contribution in [0.1, 0.15) is 30.2 Å². The number of aromatic nitrogens is 2. The normalized spacial score (nSPS) is 15.8. The van der Waals surface area contributed by atoms with Gasteiger partial charge in [-0.1, -0.05) is 18.2 Å². The Morgan fingerprint density at radius 1 is 1.03 bits per heavy atom. The Kier molecular flexibility index (Phi) is 7.06. The fraction of sp³-hybridized carbons (Fsp3) is 0.455. The van der Waals surface area contributed by atoms with Gasteiger partial charge in [-0.2, -0.15) is 0 Å². The lowest BCUT2D eigenvalue weighted by molar-refractivity contribution is -0.131. The Hall–Kier alpha value is -3.20. The number of aryl methyl sites for hydroxylation is 1. The molecule has 0 atom stereocenters. The smallest absolute Gasteiger partial charge is 0.325 e. The average molecular weight is 428 g/mol. The molecule has 9 nitrogen and oxygen atoms in total. The van der Waals surface area contributed by atoms with Gasteiger partial charge in [0.15, 0.2) is 0 Å². The molecule has 166 valence electrons. The zero-order valence-electron chi connectivity index (χ0n) is 18.2. The Labute approximate surface area is 180 Å². The molecule has 2 amide bonds. The molecule has 0 radical (unpaired) electrons. The van der Waals surface area contributed by atoms with Crippen molar-refractivity contribution in [3.05, 3.63) is 61.9 Å². The van der Waals surface area contributed by atoms with Gasteiger partial charge in [0.05, 0.1) is 6.42 Å². The minimum atomic E-state index is -0.589. The lowest BCUT2D eigenvalue weighted by Gasteiger charge is -2.27. The first-order valence-corrected chi connectivity index (χ1v) is 10.4. The number of carbonyl (C=O) groups excluding carboxylic acids is 2. The van der Waals surface area contributed by atoms with Crippen LogP contribution in [0.2, 0.25) is 0 Å². The summed E-state index contributed by atoms with van der Waals surface area (Å²) in [5, 5.41) is 0. The Bertz CT molecular complexity index is 1070. The van der Waals surface area contributed by atoms with E-state index in [-0.39, 0.29) is 23.8 Å². The van der Waals surface area contributed by atoms with Crippen LogP contribution in [-0.4, -0.2) is 64.8 Å². The highest BCUT2D eigenvalue weighted by atomic mass is 16.2. The summed E-state index contributed by atoms with van der Waals surface area (Å²) < 4.78 is 0. The van der Waals surface area contributed by atoms with Crippen molar-refractivity contribution in [1.29, 1.82) is 0 Å². The topological polar surface area (TPSA) is 110 Å². The third-order valence-electron chi connectivity index (χ3n) is 5.63. The van der Waals surface area contributed by atoms with Gasteiger partial charge in [0.25, 0.3) is 5.56 Å². The molecule has 0 spiro atoms. The fourth-order valence-corrected chi connectivity index (χ4v) is 3.86. The standard InChI is InChI=1S/C22H29N5O4/c1-15-18(21(30)24-22(31)23-15)13-20(29)26-12-11-25(3)9-6-10-27(16(2)28)19-8-5-4-7-17(19)14-26/h4-5,7-8H,6,9-14H2,1-3H3,(H2,23,24,30,31). The molecule has 0 saturated heterocycles. The predicted molar refractivity (Wildman–Crippen MR) is 118 cm³/mol. The monoisotopic (exact) mass is 427 g/mol. The number of amides is 2. The highest BCUT2D eigenvalue weighted by Gasteiger charge is 2.22. The van der Waals surface area contributed by atoms with Gasteiger partial charge < -0.3 is 19.7 Å². The number of anilines is 1. The van der Waals surface area contributed by atoms with Crippen molar-refractivity contribution < 1.29 is 9.59 Å². The van der Waals surface area contributed by atoms with Crippen molar-refractivity contribution in [2.45, 2.75) is 33.2 Å². The van der Waals surface area contributed by atoms with Crippen molar-refractivity contribution in [3.63, 3.8) is 0 Å². The van der Waals surface area contributed by atoms with Crippen LogP contribution in [0.5, 0.6) is 0 Å². The van der Waals surface area contributed by atoms with Gasteiger partial charge in [0, 0.05) is 50.0 Å². The van der Waals surface area contributed by atoms with E-state index < -0.39 is 11.2 Å². The van der Waals surface area contributed by atoms with Gasteiger partial charge >= 0.3 is 5.69 Å². The quantitative estimate of drug-likeness (QED) is 0.731. The number of nitrogens with zero attached hydrogens (tertiary/aromatic N) is 3. The first-order chi connectivity index (χ1) is 14.8. The van der Waals surface area contributed by atoms with Gasteiger partial charge in [0.2, 0.25) is 11.8 Å². The number of hydrogen-bond acceptors (Lipinski definition) is 5. The highest BCUT2D eigenvalue weighted by Crippen LogP contribution is 2.23. The molecule has 1 aromatic carbocycles. The van der Waals surface area contributed by atoms with Crippen LogP contribution in [0.3, 0.4) is 0 Å². The van der Waals surface area contributed by atoms with Crippen molar-refractivity contribution in [3.8, 4) is 0 Å². The molecule has 0 bridgehead atoms. The highest BCUT2D eigenvalue weighted by molar-refractivity contribution is 5.92. The Morgan fingerprint density at radius 2 is 1.77 bits per heavy atom. The first-order valence-electron chi connectivity index (χ1n) is 10.4. The summed E-state index contributed by atoms with van der Waals surface area (Å²) in [6.07, 6.45) is 0.713. The van der Waals surface area contributed by atoms with Crippen LogP contribution in [0.25, 0.3) is 0 Å². The number of rotatable bonds is 2. The number of likely N-dealkylation sites (N-methyl/N-ethyl adjacent to an activating group) is 1. The van der Waals surface area contributed by atoms with Crippen molar-refractivity contribution in [2.75, 3.05) is 38.1 Å². The molecule has 31 heavy (non-hydrogen) atoms. The van der Waals surface area contributed by atoms with Gasteiger partial charge in [-0.3, -0.25) is 19.4 Å². The summed E-state index contributed by atoms with van der Waals surface area (Å²) in [6.45, 7) is 6.06. The number of aromatic amines is 2. The van der Waals surface area contributed by atoms with Crippen molar-refractivity contribution in [1.82, 2.24) is 19.8 Å². The minimum Gasteiger partial charge on any atom is -0.337 e. The molecule has 0 saturated carbocycles. The molecule has 2 N–H and O–H groups in total. The van der Waals surface area contributed by atoms with Crippen LogP contribution < -0.4 is 16.1 Å². The third kappa shape index (κ3) is 5.49. The lowest BCUT2D eigenvalue weighted by Crippen LogP contribution is -2.39. The molecule has 1 aliphatic rings. The molecular formula is C22H29N5O4. The van der Waals surface area contributed by atoms with Crippen molar-refractivity contribution >= 4 is 17.5 Å². The summed E-state index contributed by atoms with van der Waals surface area (Å²) in [5.41, 5.74) is 1.19. The predicted octanol–water partition coefficient (Wildman–Crippen LogP) is 0.631. The second-order valence-corrected chi connectivity index (χ2v) is 7.96. The fourth-order valence-electron chi connectivity index (χ4n) is 3.86. The molecule has 9 heteroatoms. The maximum Gasteiger partial charge on any atom is 0.325 e. The number of hydrogen-bond donors (Lipinski definition) is 2. The van der Waals surface area contributed by atoms with E-state index in [0.717, 1.165) is 24.2 Å². The largest absolute Gasteiger partial charge is 0.337 e. The van der Waals surface area contributed by atoms with E-state index >= 15 is 0 Å². The molecule has 1 aromatic heterocycles. The van der Waals surface area contributed by atoms with Gasteiger partial charge in [-0.25, -0.2) is 4.79 Å². The molecule has 2 heterocycles. The first kappa shape index (κ1) is 22.5. The summed E-state index contributed by atoms with van der Waals surface area (Å²) in [5.74, 6) is -0.250. The van der Waals surface area contributed by atoms with Gasteiger partial charge in [-0.05, 0) is 38.6 Å². The minimum absolute atomic E-state index is 0.0392. The van der Waals surface area contributed by atoms with Gasteiger partial charge in [-0.15, -0.1) is 0 Å². The third-order valence-corrected chi connectivity index (χ3v) is 5.63. The van der Waals surface area contributed by atoms with E-state index in [9.17, 15) is 19.2 Å². The second kappa shape index (κ2) is 9.74. The zero-order chi connectivity index (χ0) is 22.5. The SMILES string of the molecule is CC(=O)N1CCCN(C)CCN(C(=O)Cc2c(C)[nH]c(=O)[nH]c2=O)Cc2ccccc21. The summed E-state index contributed by atoms with van der Waals surface area (Å²) in [4.78, 5) is 59.5. The lowest BCUT2D eigenvalue weighted by atomic mass is 10.1. The number of carbonyl (C=O) groups is 2. The number of benzene rings is 1. The molecule has 1 aliphatic heterocycles. The number of para-hydroxylation sites is 1. The second-order valence-electron chi connectivity index (χ2n) is 7.96. The molecule has 2 aromatic rings. The Morgan fingerprint density at radius 3 is 2.48 bits per heavy atom. The molecule has 0 fully saturated rings. The van der Waals surface area contributed by atoms with E-state index in [1.165, 1.54) is 0 Å². The number of nitrogens with one attached hydrogen (secondary N) is 2. The molecule has 0 unspecified atom stereocenters. The van der Waals surface area contributed by atoms with Gasteiger partial charge in [0.1, 0.15) is 0 Å². The molecular weight excluding hydrogens is 398 g/mol. The van der Waals surface area contributed by atoms with Crippen LogP contribution in [0.15, 0.2) is 33.9 Å². The van der Waals surface area contributed by atoms with Crippen LogP contribution in [-0.2, 0) is 22.6 Å². The maximum absolute atomic E-state index is 13.2. The van der Waals surface area contributed by atoms with Crippen molar-refractivity contribution in [2.24, 2.45) is 0 Å². The summed E-state index contributed by atoms with van der Waals surface area (Å²) in [7, 11) is 1.99. The van der Waals surface area contributed by atoms with E-state index in [1.807, 2.05) is 31.3 Å².